The van der Waals surface area contributed by atoms with Gasteiger partial charge in [0.25, 0.3) is 0 Å². The second-order valence-electron chi connectivity index (χ2n) is 4.90. The van der Waals surface area contributed by atoms with Gasteiger partial charge in [-0.05, 0) is 22.6 Å². The summed E-state index contributed by atoms with van der Waals surface area (Å²) >= 11 is 0. The van der Waals surface area contributed by atoms with Crippen LogP contribution in [-0.2, 0) is 6.42 Å². The molecule has 0 saturated carbocycles. The van der Waals surface area contributed by atoms with Gasteiger partial charge in [-0.2, -0.15) is 16.9 Å². The zero-order valence-electron chi connectivity index (χ0n) is 11.5. The number of benzene rings is 2. The van der Waals surface area contributed by atoms with Crippen molar-refractivity contribution in [3.8, 4) is 11.8 Å². The summed E-state index contributed by atoms with van der Waals surface area (Å²) in [6, 6.07) is 14.9. The summed E-state index contributed by atoms with van der Waals surface area (Å²) in [6.45, 7) is 0. The van der Waals surface area contributed by atoms with E-state index in [0.29, 0.717) is 17.5 Å². The number of nitriles is 1. The van der Waals surface area contributed by atoms with Crippen LogP contribution in [0.4, 0.5) is 0 Å². The van der Waals surface area contributed by atoms with Gasteiger partial charge >= 0.3 is 0 Å². The lowest BCUT2D eigenvalue weighted by molar-refractivity contribution is -0.417. The van der Waals surface area contributed by atoms with Crippen molar-refractivity contribution in [2.45, 2.75) is 12.5 Å². The molecule has 1 aliphatic rings. The largest absolute Gasteiger partial charge is 0.485 e. The number of rotatable bonds is 3. The first kappa shape index (κ1) is 13.8. The van der Waals surface area contributed by atoms with Crippen molar-refractivity contribution in [2.24, 2.45) is 0 Å². The van der Waals surface area contributed by atoms with Gasteiger partial charge in [0.1, 0.15) is 18.1 Å². The van der Waals surface area contributed by atoms with Crippen LogP contribution < -0.4 is 4.74 Å². The zero-order valence-corrected chi connectivity index (χ0v) is 11.5. The summed E-state index contributed by atoms with van der Waals surface area (Å²) in [5.74, 6) is 0.745. The predicted octanol–water partition coefficient (Wildman–Crippen LogP) is 3.29. The van der Waals surface area contributed by atoms with E-state index in [2.05, 4.69) is 6.07 Å². The molecule has 5 heteroatoms. The van der Waals surface area contributed by atoms with E-state index in [9.17, 15) is 10.1 Å². The molecule has 3 rings (SSSR count). The molecule has 0 spiro atoms. The van der Waals surface area contributed by atoms with Gasteiger partial charge in [-0.3, -0.25) is 10.1 Å². The first-order valence-electron chi connectivity index (χ1n) is 6.70. The highest BCUT2D eigenvalue weighted by molar-refractivity contribution is 5.51. The van der Waals surface area contributed by atoms with Crippen LogP contribution in [0.15, 0.2) is 42.5 Å². The van der Waals surface area contributed by atoms with Gasteiger partial charge in [0, 0.05) is 12.0 Å². The van der Waals surface area contributed by atoms with Crippen LogP contribution in [0.25, 0.3) is 6.08 Å². The van der Waals surface area contributed by atoms with Crippen LogP contribution in [0.1, 0.15) is 28.4 Å². The Kier molecular flexibility index (Phi) is 3.58. The fourth-order valence-corrected chi connectivity index (χ4v) is 2.49. The minimum absolute atomic E-state index is 0.137. The molecule has 1 unspecified atom stereocenters. The highest BCUT2D eigenvalue weighted by atomic mass is 16.6. The summed E-state index contributed by atoms with van der Waals surface area (Å²) < 4.78 is 5.89. The smallest absolute Gasteiger partial charge is 0.128 e. The molecule has 2 aromatic carbocycles. The minimum Gasteiger partial charge on any atom is -0.485 e. The highest BCUT2D eigenvalue weighted by Crippen LogP contribution is 2.38. The molecular formula is C17H11N2O3-. The molecule has 0 N–H and O–H groups in total. The number of ether oxygens (including phenoxy) is 1. The Bertz CT molecular complexity index is 789. The minimum atomic E-state index is -0.617. The van der Waals surface area contributed by atoms with E-state index in [0.717, 1.165) is 16.9 Å². The Balaban J connectivity index is 1.80. The topological polar surface area (TPSA) is 76.2 Å². The molecular weight excluding hydrogens is 280 g/mol. The highest BCUT2D eigenvalue weighted by Gasteiger charge is 2.26. The Morgan fingerprint density at radius 3 is 2.77 bits per heavy atom. The molecule has 0 aliphatic carbocycles. The summed E-state index contributed by atoms with van der Waals surface area (Å²) in [6.07, 6.45) is 3.84. The second kappa shape index (κ2) is 5.70. The van der Waals surface area contributed by atoms with Crippen LogP contribution in [-0.4, -0.2) is 4.92 Å². The zero-order chi connectivity index (χ0) is 15.5. The second-order valence-corrected chi connectivity index (χ2v) is 4.90. The Hall–Kier alpha value is -3.13. The van der Waals surface area contributed by atoms with Crippen molar-refractivity contribution >= 4 is 6.08 Å². The van der Waals surface area contributed by atoms with E-state index < -0.39 is 4.92 Å². The van der Waals surface area contributed by atoms with Crippen molar-refractivity contribution in [2.75, 3.05) is 0 Å². The number of hydrogen-bond acceptors (Lipinski definition) is 4. The number of nitrogens with zero attached hydrogens (tertiary/aromatic N) is 2. The maximum absolute atomic E-state index is 10.3. The normalized spacial score (nSPS) is 16.0. The Labute approximate surface area is 127 Å². The average molecular weight is 291 g/mol. The standard InChI is InChI=1S/C17H11N2O3/c18-11-14-2-1-3-16-15(14)10-17(22-16)13-6-4-12(5-7-13)8-9-19(20)21/h1-8,17H,10H2/q-1. The molecule has 1 aliphatic heterocycles. The molecule has 1 heterocycles. The average Bonchev–Trinajstić information content (AvgIpc) is 2.97. The maximum atomic E-state index is 10.3. The van der Waals surface area contributed by atoms with Crippen LogP contribution >= 0.6 is 0 Å². The van der Waals surface area contributed by atoms with E-state index in [1.807, 2.05) is 24.4 Å². The summed E-state index contributed by atoms with van der Waals surface area (Å²) in [5, 5.41) is 19.4. The monoisotopic (exact) mass is 291 g/mol. The van der Waals surface area contributed by atoms with Crippen molar-refractivity contribution in [1.82, 2.24) is 0 Å². The van der Waals surface area contributed by atoms with E-state index in [1.165, 1.54) is 6.08 Å². The van der Waals surface area contributed by atoms with Gasteiger partial charge in [0.15, 0.2) is 0 Å². The fraction of sp³-hybridized carbons (Fsp3) is 0.118. The molecule has 0 radical (unpaired) electrons. The van der Waals surface area contributed by atoms with Gasteiger partial charge in [-0.1, -0.05) is 18.2 Å². The van der Waals surface area contributed by atoms with Crippen LogP contribution in [0, 0.1) is 27.6 Å². The molecule has 2 aromatic rings. The van der Waals surface area contributed by atoms with Crippen molar-refractivity contribution < 1.29 is 9.66 Å². The first-order chi connectivity index (χ1) is 10.7. The quantitative estimate of drug-likeness (QED) is 0.376. The molecule has 0 amide bonds. The maximum Gasteiger partial charge on any atom is 0.128 e. The third kappa shape index (κ3) is 2.67. The van der Waals surface area contributed by atoms with Crippen LogP contribution in [0.5, 0.6) is 5.75 Å². The number of hydrogen-bond donors (Lipinski definition) is 0. The Morgan fingerprint density at radius 2 is 2.09 bits per heavy atom. The van der Waals surface area contributed by atoms with E-state index >= 15 is 0 Å². The summed E-state index contributed by atoms with van der Waals surface area (Å²) in [4.78, 5) is 9.63. The third-order valence-corrected chi connectivity index (χ3v) is 3.56. The van der Waals surface area contributed by atoms with Gasteiger partial charge in [0.2, 0.25) is 0 Å². The molecule has 5 nitrogen and oxygen atoms in total. The van der Waals surface area contributed by atoms with Gasteiger partial charge in [0.05, 0.1) is 11.6 Å². The van der Waals surface area contributed by atoms with Crippen LogP contribution in [0.3, 0.4) is 0 Å². The molecule has 0 aromatic heterocycles. The van der Waals surface area contributed by atoms with E-state index in [4.69, 9.17) is 10.00 Å². The molecule has 1 atom stereocenters. The van der Waals surface area contributed by atoms with Crippen molar-refractivity contribution in [1.29, 1.82) is 5.26 Å². The van der Waals surface area contributed by atoms with E-state index in [1.54, 1.807) is 24.3 Å². The lowest BCUT2D eigenvalue weighted by atomic mass is 9.99. The van der Waals surface area contributed by atoms with Gasteiger partial charge in [-0.25, -0.2) is 0 Å². The summed E-state index contributed by atoms with van der Waals surface area (Å²) in [5.41, 5.74) is 3.24. The molecule has 0 fully saturated rings. The predicted molar refractivity (Wildman–Crippen MR) is 79.4 cm³/mol. The van der Waals surface area contributed by atoms with Crippen molar-refractivity contribution in [3.05, 3.63) is 81.0 Å². The van der Waals surface area contributed by atoms with Crippen molar-refractivity contribution in [3.63, 3.8) is 0 Å². The molecule has 0 bridgehead atoms. The lowest BCUT2D eigenvalue weighted by Crippen LogP contribution is -2.02. The van der Waals surface area contributed by atoms with Gasteiger partial charge in [-0.15, -0.1) is 12.1 Å². The van der Waals surface area contributed by atoms with Crippen LogP contribution in [0.2, 0.25) is 0 Å². The van der Waals surface area contributed by atoms with E-state index in [-0.39, 0.29) is 6.10 Å². The molecule has 0 saturated heterocycles. The number of nitro groups is 1. The SMILES string of the molecule is N#Cc1cccc2c1CC(c1ccc(C=[C-][N+](=O)[O-])cc1)O2. The summed E-state index contributed by atoms with van der Waals surface area (Å²) in [7, 11) is 0. The fourth-order valence-electron chi connectivity index (χ4n) is 2.49. The van der Waals surface area contributed by atoms with Gasteiger partial charge < -0.3 is 4.74 Å². The lowest BCUT2D eigenvalue weighted by Gasteiger charge is -2.12. The first-order valence-corrected chi connectivity index (χ1v) is 6.70. The Morgan fingerprint density at radius 1 is 1.32 bits per heavy atom. The molecule has 22 heavy (non-hydrogen) atoms. The number of fused-ring (bicyclic) bond motifs is 1. The molecule has 108 valence electrons. The third-order valence-electron chi connectivity index (χ3n) is 3.56.